The van der Waals surface area contributed by atoms with E-state index < -0.39 is 5.97 Å². The van der Waals surface area contributed by atoms with E-state index in [1.54, 1.807) is 10.7 Å². The third kappa shape index (κ3) is 7.46. The lowest BCUT2D eigenvalue weighted by Crippen LogP contribution is -2.29. The van der Waals surface area contributed by atoms with Crippen molar-refractivity contribution in [3.05, 3.63) is 28.1 Å². The molecule has 1 saturated carbocycles. The van der Waals surface area contributed by atoms with Crippen LogP contribution in [0.3, 0.4) is 0 Å². The Morgan fingerprint density at radius 3 is 2.63 bits per heavy atom. The molecule has 3 N–H and O–H groups in total. The van der Waals surface area contributed by atoms with Crippen LogP contribution in [0.1, 0.15) is 87.8 Å². The van der Waals surface area contributed by atoms with Crippen LogP contribution in [-0.2, 0) is 21.6 Å². The maximum atomic E-state index is 12.2. The molecule has 0 spiro atoms. The SMILES string of the molecule is COC(=O)c1cc(Br)nn1CCCCCCNC(=O)OC1CCC(c2cc(N)nn2C(C)(C)C)C1. The number of rotatable bonds is 10. The topological polar surface area (TPSA) is 126 Å². The number of aromatic nitrogens is 4. The molecule has 0 aliphatic heterocycles. The van der Waals surface area contributed by atoms with Crippen molar-refractivity contribution in [3.8, 4) is 0 Å². The molecule has 10 nitrogen and oxygen atoms in total. The zero-order valence-electron chi connectivity index (χ0n) is 21.1. The predicted molar refractivity (Wildman–Crippen MR) is 136 cm³/mol. The highest BCUT2D eigenvalue weighted by molar-refractivity contribution is 9.10. The van der Waals surface area contributed by atoms with Crippen LogP contribution in [0.15, 0.2) is 16.7 Å². The highest BCUT2D eigenvalue weighted by Crippen LogP contribution is 2.38. The lowest BCUT2D eigenvalue weighted by Gasteiger charge is -2.24. The number of hydrogen-bond donors (Lipinski definition) is 2. The van der Waals surface area contributed by atoms with Crippen molar-refractivity contribution in [2.45, 2.75) is 89.8 Å². The zero-order chi connectivity index (χ0) is 25.6. The molecule has 0 aromatic carbocycles. The van der Waals surface area contributed by atoms with E-state index in [1.165, 1.54) is 7.11 Å². The third-order valence-corrected chi connectivity index (χ3v) is 6.57. The maximum Gasteiger partial charge on any atom is 0.407 e. The number of amides is 1. The molecule has 1 aliphatic rings. The Bertz CT molecular complexity index is 1010. The maximum absolute atomic E-state index is 12.2. The van der Waals surface area contributed by atoms with Gasteiger partial charge in [0, 0.05) is 36.8 Å². The van der Waals surface area contributed by atoms with E-state index >= 15 is 0 Å². The third-order valence-electron chi connectivity index (χ3n) is 6.18. The summed E-state index contributed by atoms with van der Waals surface area (Å²) in [4.78, 5) is 24.0. The summed E-state index contributed by atoms with van der Waals surface area (Å²) in [5.74, 6) is 0.411. The molecule has 11 heteroatoms. The van der Waals surface area contributed by atoms with Gasteiger partial charge in [0.2, 0.25) is 0 Å². The summed E-state index contributed by atoms with van der Waals surface area (Å²) < 4.78 is 14.7. The average Bonchev–Trinajstić information content (AvgIpc) is 3.50. The van der Waals surface area contributed by atoms with Gasteiger partial charge in [-0.1, -0.05) is 12.8 Å². The second-order valence-corrected chi connectivity index (χ2v) is 10.8. The molecule has 194 valence electrons. The lowest BCUT2D eigenvalue weighted by molar-refractivity contribution is 0.0586. The first-order valence-electron chi connectivity index (χ1n) is 12.2. The molecule has 2 heterocycles. The number of anilines is 1. The van der Waals surface area contributed by atoms with Crippen LogP contribution in [0.25, 0.3) is 0 Å². The summed E-state index contributed by atoms with van der Waals surface area (Å²) in [6, 6.07) is 3.60. The number of aryl methyl sites for hydroxylation is 1. The minimum Gasteiger partial charge on any atom is -0.464 e. The standard InChI is InChI=1S/C24H37BrN6O4/c1-24(2,3)31-18(15-21(26)29-31)16-9-10-17(13-16)35-23(33)27-11-7-5-6-8-12-30-19(22(32)34-4)14-20(25)28-30/h14-17H,5-13H2,1-4H3,(H2,26,29)(H,27,33). The molecule has 2 unspecified atom stereocenters. The number of carbonyl (C=O) groups excluding carboxylic acids is 2. The summed E-state index contributed by atoms with van der Waals surface area (Å²) in [5, 5.41) is 11.6. The minimum absolute atomic E-state index is 0.0954. The second kappa shape index (κ2) is 11.9. The number of hydrogen-bond acceptors (Lipinski definition) is 7. The van der Waals surface area contributed by atoms with Crippen LogP contribution in [-0.4, -0.2) is 51.4 Å². The van der Waals surface area contributed by atoms with Crippen molar-refractivity contribution in [1.29, 1.82) is 0 Å². The Morgan fingerprint density at radius 1 is 1.17 bits per heavy atom. The van der Waals surface area contributed by atoms with Gasteiger partial charge in [-0.15, -0.1) is 0 Å². The molecule has 1 aliphatic carbocycles. The van der Waals surface area contributed by atoms with Crippen molar-refractivity contribution < 1.29 is 19.1 Å². The molecular weight excluding hydrogens is 516 g/mol. The molecule has 35 heavy (non-hydrogen) atoms. The Balaban J connectivity index is 1.32. The van der Waals surface area contributed by atoms with Crippen molar-refractivity contribution in [2.75, 3.05) is 19.4 Å². The number of methoxy groups -OCH3 is 1. The molecule has 0 radical (unpaired) electrons. The number of halogens is 1. The molecule has 2 aromatic rings. The van der Waals surface area contributed by atoms with E-state index in [1.807, 2.05) is 10.7 Å². The fourth-order valence-electron chi connectivity index (χ4n) is 4.51. The van der Waals surface area contributed by atoms with Gasteiger partial charge in [-0.2, -0.15) is 10.2 Å². The fourth-order valence-corrected chi connectivity index (χ4v) is 4.92. The largest absolute Gasteiger partial charge is 0.464 e. The van der Waals surface area contributed by atoms with Gasteiger partial charge in [0.05, 0.1) is 12.6 Å². The van der Waals surface area contributed by atoms with Gasteiger partial charge in [-0.05, 0) is 68.8 Å². The van der Waals surface area contributed by atoms with Gasteiger partial charge in [0.15, 0.2) is 0 Å². The quantitative estimate of drug-likeness (QED) is 0.326. The number of nitrogens with zero attached hydrogens (tertiary/aromatic N) is 4. The van der Waals surface area contributed by atoms with Crippen molar-refractivity contribution in [3.63, 3.8) is 0 Å². The molecule has 2 aromatic heterocycles. The number of nitrogens with two attached hydrogens (primary N) is 1. The number of nitrogen functional groups attached to an aromatic ring is 1. The molecule has 1 fully saturated rings. The van der Waals surface area contributed by atoms with Gasteiger partial charge < -0.3 is 20.5 Å². The van der Waals surface area contributed by atoms with E-state index in [9.17, 15) is 9.59 Å². The molecule has 0 bridgehead atoms. The first-order valence-corrected chi connectivity index (χ1v) is 13.0. The zero-order valence-corrected chi connectivity index (χ0v) is 22.6. The average molecular weight is 554 g/mol. The smallest absolute Gasteiger partial charge is 0.407 e. The number of nitrogens with one attached hydrogen (secondary N) is 1. The second-order valence-electron chi connectivity index (χ2n) is 10.0. The summed E-state index contributed by atoms with van der Waals surface area (Å²) >= 11 is 3.29. The van der Waals surface area contributed by atoms with Gasteiger partial charge >= 0.3 is 12.1 Å². The van der Waals surface area contributed by atoms with Gasteiger partial charge in [0.25, 0.3) is 0 Å². The van der Waals surface area contributed by atoms with Crippen LogP contribution in [0.5, 0.6) is 0 Å². The van der Waals surface area contributed by atoms with Gasteiger partial charge in [0.1, 0.15) is 22.2 Å². The summed E-state index contributed by atoms with van der Waals surface area (Å²) in [6.07, 6.45) is 5.77. The van der Waals surface area contributed by atoms with E-state index in [4.69, 9.17) is 15.2 Å². The van der Waals surface area contributed by atoms with E-state index in [2.05, 4.69) is 52.2 Å². The highest BCUT2D eigenvalue weighted by atomic mass is 79.9. The Hall–Kier alpha value is -2.56. The Kier molecular flexibility index (Phi) is 9.21. The van der Waals surface area contributed by atoms with Gasteiger partial charge in [-0.25, -0.2) is 9.59 Å². The normalized spacial score (nSPS) is 18.0. The first-order chi connectivity index (χ1) is 16.6. The summed E-state index contributed by atoms with van der Waals surface area (Å²) in [5.41, 5.74) is 7.36. The first kappa shape index (κ1) is 27.0. The number of unbranched alkanes of at least 4 members (excludes halogenated alkanes) is 3. The number of esters is 1. The molecule has 1 amide bonds. The van der Waals surface area contributed by atoms with Crippen LogP contribution in [0, 0.1) is 0 Å². The van der Waals surface area contributed by atoms with Crippen molar-refractivity contribution in [2.24, 2.45) is 0 Å². The molecule has 3 rings (SSSR count). The molecular formula is C24H37BrN6O4. The Labute approximate surface area is 215 Å². The van der Waals surface area contributed by atoms with Crippen LogP contribution in [0.4, 0.5) is 10.6 Å². The van der Waals surface area contributed by atoms with Gasteiger partial charge in [-0.3, -0.25) is 9.36 Å². The van der Waals surface area contributed by atoms with E-state index in [0.717, 1.165) is 50.6 Å². The van der Waals surface area contributed by atoms with Crippen molar-refractivity contribution in [1.82, 2.24) is 24.9 Å². The van der Waals surface area contributed by atoms with E-state index in [0.29, 0.717) is 29.2 Å². The van der Waals surface area contributed by atoms with Crippen LogP contribution in [0.2, 0.25) is 0 Å². The fraction of sp³-hybridized carbons (Fsp3) is 0.667. The number of alkyl carbamates (subject to hydrolysis) is 1. The minimum atomic E-state index is -0.400. The molecule has 0 saturated heterocycles. The highest BCUT2D eigenvalue weighted by Gasteiger charge is 2.33. The Morgan fingerprint density at radius 2 is 1.91 bits per heavy atom. The van der Waals surface area contributed by atoms with Crippen LogP contribution < -0.4 is 11.1 Å². The van der Waals surface area contributed by atoms with Crippen molar-refractivity contribution >= 4 is 33.8 Å². The van der Waals surface area contributed by atoms with Crippen LogP contribution >= 0.6 is 15.9 Å². The summed E-state index contributed by atoms with van der Waals surface area (Å²) in [6.45, 7) is 7.53. The predicted octanol–water partition coefficient (Wildman–Crippen LogP) is 4.59. The lowest BCUT2D eigenvalue weighted by atomic mass is 10.0. The number of carbonyl (C=O) groups is 2. The van der Waals surface area contributed by atoms with E-state index in [-0.39, 0.29) is 23.7 Å². The monoisotopic (exact) mass is 552 g/mol. The summed E-state index contributed by atoms with van der Waals surface area (Å²) in [7, 11) is 1.36. The molecule has 2 atom stereocenters. The number of ether oxygens (including phenoxy) is 2.